The van der Waals surface area contributed by atoms with Gasteiger partial charge in [-0.05, 0) is 30.4 Å². The van der Waals surface area contributed by atoms with E-state index in [4.69, 9.17) is 29.6 Å². The van der Waals surface area contributed by atoms with Gasteiger partial charge in [-0.1, -0.05) is 11.6 Å². The first kappa shape index (κ1) is 10.1. The van der Waals surface area contributed by atoms with E-state index in [9.17, 15) is 4.39 Å². The number of anilines is 1. The van der Waals surface area contributed by atoms with Gasteiger partial charge >= 0.3 is 0 Å². The smallest absolute Gasteiger partial charge is 0.225 e. The van der Waals surface area contributed by atoms with E-state index in [0.29, 0.717) is 10.5 Å². The molecule has 0 saturated carbocycles. The second kappa shape index (κ2) is 3.63. The minimum absolute atomic E-state index is 0.0485. The molecule has 0 amide bonds. The molecule has 1 aromatic heterocycles. The maximum absolute atomic E-state index is 13.2. The lowest BCUT2D eigenvalue weighted by atomic mass is 10.3. The van der Waals surface area contributed by atoms with Crippen LogP contribution in [0.15, 0.2) is 18.2 Å². The summed E-state index contributed by atoms with van der Waals surface area (Å²) in [7, 11) is 0. The lowest BCUT2D eigenvalue weighted by Gasteiger charge is -2.03. The molecule has 2 rings (SSSR count). The summed E-state index contributed by atoms with van der Waals surface area (Å²) in [6.07, 6.45) is 0. The Labute approximate surface area is 94.5 Å². The molecule has 0 atom stereocenters. The van der Waals surface area contributed by atoms with Crippen LogP contribution in [0.3, 0.4) is 0 Å². The number of nitrogens with zero attached hydrogens (tertiary/aromatic N) is 2. The monoisotopic (exact) mass is 244 g/mol. The van der Waals surface area contributed by atoms with E-state index in [2.05, 4.69) is 10.2 Å². The summed E-state index contributed by atoms with van der Waals surface area (Å²) < 4.78 is 14.9. The van der Waals surface area contributed by atoms with Crippen LogP contribution in [0, 0.1) is 10.6 Å². The number of nitrogens with one attached hydrogen (secondary N) is 1. The lowest BCUT2D eigenvalue weighted by molar-refractivity contribution is 0.627. The SMILES string of the molecule is Nc1n[nH]c(=S)n1-c1ccc(Cl)c(F)c1. The summed E-state index contributed by atoms with van der Waals surface area (Å²) in [6, 6.07) is 4.28. The van der Waals surface area contributed by atoms with Gasteiger partial charge in [0.05, 0.1) is 10.7 Å². The average Bonchev–Trinajstić information content (AvgIpc) is 2.52. The second-order valence-electron chi connectivity index (χ2n) is 2.82. The van der Waals surface area contributed by atoms with Crippen LogP contribution in [0.4, 0.5) is 10.3 Å². The van der Waals surface area contributed by atoms with Crippen molar-refractivity contribution in [3.05, 3.63) is 33.8 Å². The Bertz CT molecular complexity index is 562. The second-order valence-corrected chi connectivity index (χ2v) is 3.61. The van der Waals surface area contributed by atoms with Gasteiger partial charge in [-0.3, -0.25) is 4.57 Å². The van der Waals surface area contributed by atoms with Gasteiger partial charge in [0.2, 0.25) is 10.7 Å². The Morgan fingerprint density at radius 1 is 1.53 bits per heavy atom. The van der Waals surface area contributed by atoms with Crippen LogP contribution in [0.5, 0.6) is 0 Å². The first-order valence-corrected chi connectivity index (χ1v) is 4.76. The zero-order valence-electron chi connectivity index (χ0n) is 7.37. The topological polar surface area (TPSA) is 59.6 Å². The van der Waals surface area contributed by atoms with Crippen LogP contribution in [-0.2, 0) is 0 Å². The van der Waals surface area contributed by atoms with Crippen LogP contribution in [-0.4, -0.2) is 14.8 Å². The van der Waals surface area contributed by atoms with Gasteiger partial charge in [0, 0.05) is 0 Å². The van der Waals surface area contributed by atoms with Crippen molar-refractivity contribution in [3.8, 4) is 5.69 Å². The predicted octanol–water partition coefficient (Wildman–Crippen LogP) is 2.30. The number of aromatic amines is 1. The maximum Gasteiger partial charge on any atom is 0.225 e. The van der Waals surface area contributed by atoms with Gasteiger partial charge in [0.25, 0.3) is 0 Å². The third-order valence-electron chi connectivity index (χ3n) is 1.86. The van der Waals surface area contributed by atoms with Crippen molar-refractivity contribution in [2.24, 2.45) is 0 Å². The molecule has 0 saturated heterocycles. The number of nitrogen functional groups attached to an aromatic ring is 1. The molecular formula is C8H6ClFN4S. The van der Waals surface area contributed by atoms with Gasteiger partial charge in [0.15, 0.2) is 0 Å². The molecule has 1 heterocycles. The number of aromatic nitrogens is 3. The molecule has 0 radical (unpaired) electrons. The first-order chi connectivity index (χ1) is 7.09. The van der Waals surface area contributed by atoms with Crippen LogP contribution in [0.1, 0.15) is 0 Å². The van der Waals surface area contributed by atoms with Crippen LogP contribution < -0.4 is 5.73 Å². The average molecular weight is 245 g/mol. The highest BCUT2D eigenvalue weighted by Crippen LogP contribution is 2.19. The molecule has 0 unspecified atom stereocenters. The number of hydrogen-bond acceptors (Lipinski definition) is 3. The molecule has 0 aliphatic rings. The van der Waals surface area contributed by atoms with E-state index < -0.39 is 5.82 Å². The van der Waals surface area contributed by atoms with E-state index in [0.717, 1.165) is 0 Å². The van der Waals surface area contributed by atoms with E-state index in [1.165, 1.54) is 16.7 Å². The Morgan fingerprint density at radius 3 is 2.80 bits per heavy atom. The van der Waals surface area contributed by atoms with Crippen molar-refractivity contribution in [1.29, 1.82) is 0 Å². The number of halogens is 2. The standard InChI is InChI=1S/C8H6ClFN4S/c9-5-2-1-4(3-6(5)10)14-7(11)12-13-8(14)15/h1-3H,(H2,11,12)(H,13,15). The lowest BCUT2D eigenvalue weighted by Crippen LogP contribution is -2.01. The number of hydrogen-bond donors (Lipinski definition) is 2. The number of benzene rings is 1. The molecule has 7 heteroatoms. The highest BCUT2D eigenvalue weighted by molar-refractivity contribution is 7.71. The quantitative estimate of drug-likeness (QED) is 0.757. The fourth-order valence-electron chi connectivity index (χ4n) is 1.18. The molecule has 0 aliphatic carbocycles. The Morgan fingerprint density at radius 2 is 2.27 bits per heavy atom. The van der Waals surface area contributed by atoms with E-state index in [1.54, 1.807) is 6.07 Å². The van der Waals surface area contributed by atoms with Crippen LogP contribution in [0.25, 0.3) is 5.69 Å². The molecule has 2 aromatic rings. The summed E-state index contributed by atoms with van der Waals surface area (Å²) >= 11 is 10.5. The molecule has 0 fully saturated rings. The largest absolute Gasteiger partial charge is 0.368 e. The van der Waals surface area contributed by atoms with Crippen molar-refractivity contribution in [3.63, 3.8) is 0 Å². The molecular weight excluding hydrogens is 239 g/mol. The van der Waals surface area contributed by atoms with Crippen molar-refractivity contribution < 1.29 is 4.39 Å². The van der Waals surface area contributed by atoms with Gasteiger partial charge in [-0.25, -0.2) is 9.49 Å². The molecule has 0 aliphatic heterocycles. The Balaban J connectivity index is 2.65. The van der Waals surface area contributed by atoms with E-state index in [-0.39, 0.29) is 11.0 Å². The molecule has 1 aromatic carbocycles. The summed E-state index contributed by atoms with van der Waals surface area (Å²) in [5, 5.41) is 6.27. The van der Waals surface area contributed by atoms with Gasteiger partial charge in [-0.2, -0.15) is 0 Å². The predicted molar refractivity (Wildman–Crippen MR) is 58.1 cm³/mol. The number of rotatable bonds is 1. The summed E-state index contributed by atoms with van der Waals surface area (Å²) in [4.78, 5) is 0. The maximum atomic E-state index is 13.2. The minimum atomic E-state index is -0.531. The molecule has 0 spiro atoms. The Kier molecular flexibility index (Phi) is 2.45. The van der Waals surface area contributed by atoms with Gasteiger partial charge in [0.1, 0.15) is 5.82 Å². The Hall–Kier alpha value is -1.40. The van der Waals surface area contributed by atoms with E-state index in [1.807, 2.05) is 0 Å². The number of H-pyrrole nitrogens is 1. The van der Waals surface area contributed by atoms with Gasteiger partial charge < -0.3 is 5.73 Å². The third-order valence-corrected chi connectivity index (χ3v) is 2.44. The van der Waals surface area contributed by atoms with E-state index >= 15 is 0 Å². The number of nitrogens with two attached hydrogens (primary N) is 1. The van der Waals surface area contributed by atoms with Crippen molar-refractivity contribution in [2.75, 3.05) is 5.73 Å². The highest BCUT2D eigenvalue weighted by atomic mass is 35.5. The zero-order chi connectivity index (χ0) is 11.0. The highest BCUT2D eigenvalue weighted by Gasteiger charge is 2.07. The van der Waals surface area contributed by atoms with Crippen LogP contribution in [0.2, 0.25) is 5.02 Å². The van der Waals surface area contributed by atoms with Crippen molar-refractivity contribution >= 4 is 29.8 Å². The minimum Gasteiger partial charge on any atom is -0.368 e. The van der Waals surface area contributed by atoms with Gasteiger partial charge in [-0.15, -0.1) is 5.10 Å². The molecule has 3 N–H and O–H groups in total. The molecule has 0 bridgehead atoms. The third kappa shape index (κ3) is 1.73. The molecule has 4 nitrogen and oxygen atoms in total. The fraction of sp³-hybridized carbons (Fsp3) is 0. The summed E-state index contributed by atoms with van der Waals surface area (Å²) in [6.45, 7) is 0. The molecule has 15 heavy (non-hydrogen) atoms. The van der Waals surface area contributed by atoms with Crippen molar-refractivity contribution in [1.82, 2.24) is 14.8 Å². The summed E-state index contributed by atoms with van der Waals surface area (Å²) in [5.41, 5.74) is 6.04. The van der Waals surface area contributed by atoms with Crippen molar-refractivity contribution in [2.45, 2.75) is 0 Å². The normalized spacial score (nSPS) is 10.5. The van der Waals surface area contributed by atoms with Crippen LogP contribution >= 0.6 is 23.8 Å². The first-order valence-electron chi connectivity index (χ1n) is 3.98. The fourth-order valence-corrected chi connectivity index (χ4v) is 1.54. The molecule has 78 valence electrons. The zero-order valence-corrected chi connectivity index (χ0v) is 8.94. The summed E-state index contributed by atoms with van der Waals surface area (Å²) in [5.74, 6) is -0.363.